The molecule has 1 heterocycles. The highest BCUT2D eigenvalue weighted by Gasteiger charge is 2.12. The van der Waals surface area contributed by atoms with Gasteiger partial charge in [-0.15, -0.1) is 5.10 Å². The van der Waals surface area contributed by atoms with Crippen LogP contribution in [0.3, 0.4) is 0 Å². The summed E-state index contributed by atoms with van der Waals surface area (Å²) in [5.74, 6) is 1.43. The average molecular weight is 374 g/mol. The zero-order chi connectivity index (χ0) is 18.5. The Morgan fingerprint density at radius 3 is 2.65 bits per heavy atom. The molecule has 0 aliphatic rings. The van der Waals surface area contributed by atoms with Gasteiger partial charge < -0.3 is 14.8 Å². The van der Waals surface area contributed by atoms with E-state index in [9.17, 15) is 4.79 Å². The van der Waals surface area contributed by atoms with Gasteiger partial charge in [0.25, 0.3) is 5.91 Å². The summed E-state index contributed by atoms with van der Waals surface area (Å²) < 4.78 is 12.3. The molecule has 3 aromatic rings. The summed E-state index contributed by atoms with van der Waals surface area (Å²) in [7, 11) is 1.55. The van der Waals surface area contributed by atoms with Crippen molar-refractivity contribution in [1.82, 2.24) is 20.2 Å². The molecule has 1 amide bonds. The highest BCUT2D eigenvalue weighted by atomic mass is 35.5. The summed E-state index contributed by atoms with van der Waals surface area (Å²) >= 11 is 5.81. The van der Waals surface area contributed by atoms with E-state index in [0.29, 0.717) is 33.7 Å². The van der Waals surface area contributed by atoms with Crippen molar-refractivity contribution in [2.75, 3.05) is 19.0 Å². The number of rotatable bonds is 6. The third-order valence-electron chi connectivity index (χ3n) is 3.50. The molecule has 0 fully saturated rings. The lowest BCUT2D eigenvalue weighted by Gasteiger charge is -2.12. The number of carbonyl (C=O) groups excluding carboxylic acids is 1. The predicted octanol–water partition coefficient (Wildman–Crippen LogP) is 2.65. The van der Waals surface area contributed by atoms with Gasteiger partial charge in [0.1, 0.15) is 17.2 Å². The summed E-state index contributed by atoms with van der Waals surface area (Å²) in [5.41, 5.74) is 1.19. The largest absolute Gasteiger partial charge is 0.494 e. The standard InChI is InChI=1S/C17H16ClN5O3/c1-11-20-21-22-23(11)15-9-13(5-8-16(15)25-2)19-17(24)10-26-14-6-3-12(18)4-7-14/h3-9H,10H2,1-2H3,(H,19,24). The molecule has 0 unspecified atom stereocenters. The fourth-order valence-corrected chi connectivity index (χ4v) is 2.39. The molecule has 0 aliphatic heterocycles. The van der Waals surface area contributed by atoms with E-state index in [2.05, 4.69) is 20.8 Å². The Labute approximate surface area is 154 Å². The minimum absolute atomic E-state index is 0.132. The molecule has 0 radical (unpaired) electrons. The van der Waals surface area contributed by atoms with Crippen LogP contribution in [-0.2, 0) is 4.79 Å². The van der Waals surface area contributed by atoms with Crippen molar-refractivity contribution < 1.29 is 14.3 Å². The topological polar surface area (TPSA) is 91.2 Å². The number of amides is 1. The highest BCUT2D eigenvalue weighted by Crippen LogP contribution is 2.26. The summed E-state index contributed by atoms with van der Waals surface area (Å²) in [6.45, 7) is 1.64. The normalized spacial score (nSPS) is 10.4. The van der Waals surface area contributed by atoms with Crippen molar-refractivity contribution in [2.45, 2.75) is 6.92 Å². The number of tetrazole rings is 1. The third-order valence-corrected chi connectivity index (χ3v) is 3.75. The molecule has 26 heavy (non-hydrogen) atoms. The molecular weight excluding hydrogens is 358 g/mol. The van der Waals surface area contributed by atoms with Gasteiger partial charge in [-0.3, -0.25) is 4.79 Å². The molecule has 0 aliphatic carbocycles. The Kier molecular flexibility index (Phi) is 5.33. The number of halogens is 1. The average Bonchev–Trinajstić information content (AvgIpc) is 3.07. The number of ether oxygens (including phenoxy) is 2. The number of hydrogen-bond acceptors (Lipinski definition) is 6. The van der Waals surface area contributed by atoms with Crippen molar-refractivity contribution in [3.8, 4) is 17.2 Å². The van der Waals surface area contributed by atoms with Crippen LogP contribution in [0.4, 0.5) is 5.69 Å². The van der Waals surface area contributed by atoms with Crippen LogP contribution in [-0.4, -0.2) is 39.8 Å². The molecule has 0 saturated heterocycles. The van der Waals surface area contributed by atoms with E-state index >= 15 is 0 Å². The number of methoxy groups -OCH3 is 1. The van der Waals surface area contributed by atoms with Gasteiger partial charge in [-0.05, 0) is 59.8 Å². The van der Waals surface area contributed by atoms with Crippen molar-refractivity contribution >= 4 is 23.2 Å². The number of aryl methyl sites for hydroxylation is 1. The Hall–Kier alpha value is -3.13. The fourth-order valence-electron chi connectivity index (χ4n) is 2.26. The first-order valence-electron chi connectivity index (χ1n) is 7.68. The fraction of sp³-hybridized carbons (Fsp3) is 0.176. The van der Waals surface area contributed by atoms with Gasteiger partial charge in [-0.25, -0.2) is 0 Å². The molecule has 134 valence electrons. The van der Waals surface area contributed by atoms with Gasteiger partial charge in [0.15, 0.2) is 12.4 Å². The van der Waals surface area contributed by atoms with Crippen molar-refractivity contribution in [3.05, 3.63) is 53.3 Å². The number of nitrogens with zero attached hydrogens (tertiary/aromatic N) is 4. The number of aromatic nitrogens is 4. The van der Waals surface area contributed by atoms with E-state index in [1.807, 2.05) is 0 Å². The van der Waals surface area contributed by atoms with Crippen molar-refractivity contribution in [3.63, 3.8) is 0 Å². The van der Waals surface area contributed by atoms with Crippen LogP contribution < -0.4 is 14.8 Å². The Morgan fingerprint density at radius 1 is 1.23 bits per heavy atom. The smallest absolute Gasteiger partial charge is 0.262 e. The van der Waals surface area contributed by atoms with Crippen LogP contribution in [0.2, 0.25) is 5.02 Å². The quantitative estimate of drug-likeness (QED) is 0.714. The van der Waals surface area contributed by atoms with Crippen molar-refractivity contribution in [2.24, 2.45) is 0 Å². The second kappa shape index (κ2) is 7.83. The van der Waals surface area contributed by atoms with Gasteiger partial charge in [0.05, 0.1) is 7.11 Å². The lowest BCUT2D eigenvalue weighted by atomic mass is 10.2. The number of carbonyl (C=O) groups is 1. The number of anilines is 1. The molecule has 1 aromatic heterocycles. The Morgan fingerprint density at radius 2 is 2.00 bits per heavy atom. The van der Waals surface area contributed by atoms with E-state index in [1.165, 1.54) is 4.68 Å². The van der Waals surface area contributed by atoms with Gasteiger partial charge in [-0.1, -0.05) is 11.6 Å². The van der Waals surface area contributed by atoms with Crippen LogP contribution >= 0.6 is 11.6 Å². The lowest BCUT2D eigenvalue weighted by Crippen LogP contribution is -2.20. The van der Waals surface area contributed by atoms with E-state index in [1.54, 1.807) is 56.5 Å². The maximum Gasteiger partial charge on any atom is 0.262 e. The molecule has 1 N–H and O–H groups in total. The van der Waals surface area contributed by atoms with Crippen molar-refractivity contribution in [1.29, 1.82) is 0 Å². The Bertz CT molecular complexity index is 911. The first kappa shape index (κ1) is 17.7. The molecule has 9 heteroatoms. The third kappa shape index (κ3) is 4.09. The van der Waals surface area contributed by atoms with Gasteiger partial charge in [-0.2, -0.15) is 4.68 Å². The lowest BCUT2D eigenvalue weighted by molar-refractivity contribution is -0.118. The summed E-state index contributed by atoms with van der Waals surface area (Å²) in [4.78, 5) is 12.1. The van der Waals surface area contributed by atoms with Crippen LogP contribution in [0.15, 0.2) is 42.5 Å². The van der Waals surface area contributed by atoms with Crippen LogP contribution in [0.25, 0.3) is 5.69 Å². The van der Waals surface area contributed by atoms with Gasteiger partial charge in [0, 0.05) is 10.7 Å². The zero-order valence-electron chi connectivity index (χ0n) is 14.1. The maximum absolute atomic E-state index is 12.1. The predicted molar refractivity (Wildman–Crippen MR) is 96.0 cm³/mol. The molecule has 0 saturated carbocycles. The summed E-state index contributed by atoms with van der Waals surface area (Å²) in [5, 5.41) is 14.8. The molecule has 0 spiro atoms. The van der Waals surface area contributed by atoms with Crippen LogP contribution in [0.5, 0.6) is 11.5 Å². The Balaban J connectivity index is 1.70. The minimum Gasteiger partial charge on any atom is -0.494 e. The number of nitrogens with one attached hydrogen (secondary N) is 1. The van der Waals surface area contributed by atoms with E-state index in [-0.39, 0.29) is 12.5 Å². The van der Waals surface area contributed by atoms with Gasteiger partial charge >= 0.3 is 0 Å². The molecule has 0 bridgehead atoms. The first-order chi connectivity index (χ1) is 12.6. The molecular formula is C17H16ClN5O3. The van der Waals surface area contributed by atoms with Crippen LogP contribution in [0.1, 0.15) is 5.82 Å². The van der Waals surface area contributed by atoms with E-state index in [4.69, 9.17) is 21.1 Å². The maximum atomic E-state index is 12.1. The summed E-state index contributed by atoms with van der Waals surface area (Å²) in [6.07, 6.45) is 0. The molecule has 2 aromatic carbocycles. The van der Waals surface area contributed by atoms with E-state index in [0.717, 1.165) is 0 Å². The van der Waals surface area contributed by atoms with Gasteiger partial charge in [0.2, 0.25) is 0 Å². The second-order valence-corrected chi connectivity index (χ2v) is 5.75. The number of benzene rings is 2. The number of hydrogen-bond donors (Lipinski definition) is 1. The first-order valence-corrected chi connectivity index (χ1v) is 8.06. The summed E-state index contributed by atoms with van der Waals surface area (Å²) in [6, 6.07) is 12.0. The van der Waals surface area contributed by atoms with E-state index < -0.39 is 0 Å². The zero-order valence-corrected chi connectivity index (χ0v) is 14.9. The monoisotopic (exact) mass is 373 g/mol. The molecule has 8 nitrogen and oxygen atoms in total. The second-order valence-electron chi connectivity index (χ2n) is 5.32. The molecule has 0 atom stereocenters. The highest BCUT2D eigenvalue weighted by molar-refractivity contribution is 6.30. The molecule has 3 rings (SSSR count). The minimum atomic E-state index is -0.301. The van der Waals surface area contributed by atoms with Crippen LogP contribution in [0, 0.1) is 6.92 Å². The SMILES string of the molecule is COc1ccc(NC(=O)COc2ccc(Cl)cc2)cc1-n1nnnc1C.